The van der Waals surface area contributed by atoms with Crippen LogP contribution in [0.2, 0.25) is 0 Å². The van der Waals surface area contributed by atoms with Crippen molar-refractivity contribution in [2.45, 2.75) is 64.9 Å². The molecule has 4 fully saturated rings. The summed E-state index contributed by atoms with van der Waals surface area (Å²) < 4.78 is 5.56. The first-order valence-electron chi connectivity index (χ1n) is 8.19. The van der Waals surface area contributed by atoms with Gasteiger partial charge >= 0.3 is 5.97 Å². The molecule has 0 aromatic rings. The number of Topliss-reactive ketones (excluding diaryl/α,β-unsaturated/α-hetero) is 2. The molecule has 116 valence electrons. The third kappa shape index (κ3) is 2.33. The van der Waals surface area contributed by atoms with Crippen LogP contribution in [0.5, 0.6) is 0 Å². The zero-order valence-corrected chi connectivity index (χ0v) is 12.9. The van der Waals surface area contributed by atoms with E-state index in [2.05, 4.69) is 6.92 Å². The lowest BCUT2D eigenvalue weighted by Crippen LogP contribution is -2.53. The van der Waals surface area contributed by atoms with E-state index in [1.54, 1.807) is 0 Å². The summed E-state index contributed by atoms with van der Waals surface area (Å²) in [4.78, 5) is 35.6. The van der Waals surface area contributed by atoms with Crippen LogP contribution in [0.15, 0.2) is 0 Å². The maximum Gasteiger partial charge on any atom is 0.309 e. The lowest BCUT2D eigenvalue weighted by Gasteiger charge is -2.48. The monoisotopic (exact) mass is 292 g/mol. The zero-order valence-electron chi connectivity index (χ0n) is 12.9. The smallest absolute Gasteiger partial charge is 0.309 e. The van der Waals surface area contributed by atoms with Crippen molar-refractivity contribution >= 4 is 17.5 Å². The first-order chi connectivity index (χ1) is 9.95. The molecule has 4 rings (SSSR count). The highest BCUT2D eigenvalue weighted by molar-refractivity contribution is 5.86. The van der Waals surface area contributed by atoms with Gasteiger partial charge in [-0.1, -0.05) is 13.8 Å². The SMILES string of the molecule is CCCC(=O)CCC(=O)CC1(C)C2CC3CC2C(=O)OC31. The molecule has 0 amide bonds. The van der Waals surface area contributed by atoms with Gasteiger partial charge in [0.1, 0.15) is 17.7 Å². The Morgan fingerprint density at radius 2 is 1.90 bits per heavy atom. The normalized spacial score (nSPS) is 39.6. The van der Waals surface area contributed by atoms with Gasteiger partial charge in [-0.15, -0.1) is 0 Å². The van der Waals surface area contributed by atoms with Crippen LogP contribution in [0, 0.1) is 23.2 Å². The van der Waals surface area contributed by atoms with Gasteiger partial charge < -0.3 is 4.74 Å². The molecule has 0 spiro atoms. The van der Waals surface area contributed by atoms with Crippen molar-refractivity contribution in [2.75, 3.05) is 0 Å². The van der Waals surface area contributed by atoms with Crippen molar-refractivity contribution < 1.29 is 19.1 Å². The minimum atomic E-state index is -0.188. The Bertz CT molecular complexity index is 479. The van der Waals surface area contributed by atoms with E-state index in [1.807, 2.05) is 6.92 Å². The lowest BCUT2D eigenvalue weighted by atomic mass is 9.63. The van der Waals surface area contributed by atoms with E-state index in [9.17, 15) is 14.4 Å². The molecule has 2 saturated carbocycles. The second-order valence-electron chi connectivity index (χ2n) is 7.31. The predicted molar refractivity (Wildman–Crippen MR) is 76.5 cm³/mol. The van der Waals surface area contributed by atoms with Crippen LogP contribution >= 0.6 is 0 Å². The second kappa shape index (κ2) is 5.22. The largest absolute Gasteiger partial charge is 0.461 e. The van der Waals surface area contributed by atoms with E-state index in [1.165, 1.54) is 0 Å². The Hall–Kier alpha value is -1.19. The molecule has 2 aliphatic carbocycles. The summed E-state index contributed by atoms with van der Waals surface area (Å²) in [6.45, 7) is 4.08. The number of carbonyl (C=O) groups is 3. The standard InChI is InChI=1S/C17H24O4/c1-3-4-11(18)5-6-12(19)9-17(2)14-8-10-7-13(14)16(20)21-15(10)17/h10,13-15H,3-9H2,1-2H3. The average Bonchev–Trinajstić information content (AvgIpc) is 2.92. The van der Waals surface area contributed by atoms with E-state index in [0.717, 1.165) is 19.3 Å². The van der Waals surface area contributed by atoms with E-state index < -0.39 is 0 Å². The van der Waals surface area contributed by atoms with Crippen LogP contribution in [-0.2, 0) is 19.1 Å². The van der Waals surface area contributed by atoms with E-state index in [-0.39, 0.29) is 35.0 Å². The van der Waals surface area contributed by atoms with Crippen molar-refractivity contribution in [2.24, 2.45) is 23.2 Å². The van der Waals surface area contributed by atoms with Gasteiger partial charge in [-0.25, -0.2) is 0 Å². The first kappa shape index (κ1) is 14.7. The number of rotatable bonds is 7. The molecular weight excluding hydrogens is 268 g/mol. The maximum atomic E-state index is 12.3. The Morgan fingerprint density at radius 3 is 2.57 bits per heavy atom. The summed E-state index contributed by atoms with van der Waals surface area (Å²) in [5, 5.41) is 0. The maximum absolute atomic E-state index is 12.3. The highest BCUT2D eigenvalue weighted by Crippen LogP contribution is 2.64. The topological polar surface area (TPSA) is 60.4 Å². The highest BCUT2D eigenvalue weighted by Gasteiger charge is 2.67. The number of fused-ring (bicyclic) bond motifs is 1. The van der Waals surface area contributed by atoms with Crippen molar-refractivity contribution in [3.05, 3.63) is 0 Å². The van der Waals surface area contributed by atoms with Crippen LogP contribution in [0.4, 0.5) is 0 Å². The fourth-order valence-electron chi connectivity index (χ4n) is 4.93. The van der Waals surface area contributed by atoms with Crippen LogP contribution in [-0.4, -0.2) is 23.6 Å². The quantitative estimate of drug-likeness (QED) is 0.677. The number of ether oxygens (including phenoxy) is 1. The van der Waals surface area contributed by atoms with E-state index >= 15 is 0 Å². The van der Waals surface area contributed by atoms with Gasteiger partial charge in [0.2, 0.25) is 0 Å². The lowest BCUT2D eigenvalue weighted by molar-refractivity contribution is -0.191. The molecule has 5 atom stereocenters. The molecule has 0 aromatic heterocycles. The van der Waals surface area contributed by atoms with Gasteiger partial charge in [-0.05, 0) is 31.1 Å². The van der Waals surface area contributed by atoms with Gasteiger partial charge in [0.15, 0.2) is 0 Å². The second-order valence-corrected chi connectivity index (χ2v) is 7.31. The molecule has 4 aliphatic rings. The van der Waals surface area contributed by atoms with Crippen molar-refractivity contribution in [1.82, 2.24) is 0 Å². The molecule has 4 nitrogen and oxygen atoms in total. The molecule has 0 aromatic carbocycles. The summed E-state index contributed by atoms with van der Waals surface area (Å²) >= 11 is 0. The van der Waals surface area contributed by atoms with E-state index in [4.69, 9.17) is 4.74 Å². The zero-order chi connectivity index (χ0) is 15.2. The number of esters is 1. The summed E-state index contributed by atoms with van der Waals surface area (Å²) in [7, 11) is 0. The number of hydrogen-bond acceptors (Lipinski definition) is 4. The average molecular weight is 292 g/mol. The fraction of sp³-hybridized carbons (Fsp3) is 0.824. The molecule has 2 heterocycles. The Morgan fingerprint density at radius 1 is 1.19 bits per heavy atom. The Labute approximate surface area is 125 Å². The molecule has 2 aliphatic heterocycles. The Kier molecular flexibility index (Phi) is 3.66. The fourth-order valence-corrected chi connectivity index (χ4v) is 4.93. The molecule has 2 saturated heterocycles. The summed E-state index contributed by atoms with van der Waals surface area (Å²) in [5.74, 6) is 1.05. The third-order valence-corrected chi connectivity index (χ3v) is 5.86. The minimum Gasteiger partial charge on any atom is -0.461 e. The van der Waals surface area contributed by atoms with Gasteiger partial charge in [0, 0.05) is 31.1 Å². The Balaban J connectivity index is 1.59. The number of ketones is 2. The summed E-state index contributed by atoms with van der Waals surface area (Å²) in [6, 6.07) is 0. The highest BCUT2D eigenvalue weighted by atomic mass is 16.6. The van der Waals surface area contributed by atoms with Gasteiger partial charge in [-0.2, -0.15) is 0 Å². The van der Waals surface area contributed by atoms with Crippen LogP contribution in [0.3, 0.4) is 0 Å². The van der Waals surface area contributed by atoms with Gasteiger partial charge in [0.25, 0.3) is 0 Å². The minimum absolute atomic E-state index is 0.0134. The molecule has 4 bridgehead atoms. The van der Waals surface area contributed by atoms with E-state index in [0.29, 0.717) is 37.5 Å². The summed E-state index contributed by atoms with van der Waals surface area (Å²) in [6.07, 6.45) is 4.48. The number of hydrogen-bond donors (Lipinski definition) is 0. The molecule has 0 N–H and O–H groups in total. The van der Waals surface area contributed by atoms with Crippen LogP contribution in [0.1, 0.15) is 58.8 Å². The van der Waals surface area contributed by atoms with Crippen LogP contribution in [0.25, 0.3) is 0 Å². The molecule has 21 heavy (non-hydrogen) atoms. The first-order valence-corrected chi connectivity index (χ1v) is 8.19. The molecule has 4 heteroatoms. The number of carbonyl (C=O) groups excluding carboxylic acids is 3. The molecular formula is C17H24O4. The summed E-state index contributed by atoms with van der Waals surface area (Å²) in [5.41, 5.74) is -0.188. The van der Waals surface area contributed by atoms with Crippen LogP contribution < -0.4 is 0 Å². The third-order valence-electron chi connectivity index (χ3n) is 5.86. The van der Waals surface area contributed by atoms with Crippen molar-refractivity contribution in [3.8, 4) is 0 Å². The van der Waals surface area contributed by atoms with Gasteiger partial charge in [0.05, 0.1) is 5.92 Å². The predicted octanol–water partition coefficient (Wildman–Crippen LogP) is 2.68. The van der Waals surface area contributed by atoms with Gasteiger partial charge in [-0.3, -0.25) is 14.4 Å². The molecule has 5 unspecified atom stereocenters. The van der Waals surface area contributed by atoms with Crippen molar-refractivity contribution in [1.29, 1.82) is 0 Å². The van der Waals surface area contributed by atoms with Crippen molar-refractivity contribution in [3.63, 3.8) is 0 Å². The molecule has 0 radical (unpaired) electrons.